The van der Waals surface area contributed by atoms with E-state index in [9.17, 15) is 9.18 Å². The lowest BCUT2D eigenvalue weighted by Gasteiger charge is -2.35. The number of amides is 1. The number of fused-ring (bicyclic) bond motifs is 1. The third-order valence-corrected chi connectivity index (χ3v) is 8.17. The Kier molecular flexibility index (Phi) is 7.93. The van der Waals surface area contributed by atoms with Crippen LogP contribution in [0.25, 0.3) is 11.2 Å². The topological polar surface area (TPSA) is 114 Å². The van der Waals surface area contributed by atoms with Gasteiger partial charge in [0.1, 0.15) is 11.3 Å². The zero-order chi connectivity index (χ0) is 27.0. The molecule has 2 aromatic heterocycles. The van der Waals surface area contributed by atoms with Crippen LogP contribution < -0.4 is 16.4 Å². The van der Waals surface area contributed by atoms with Crippen LogP contribution in [-0.2, 0) is 4.79 Å². The zero-order valence-corrected chi connectivity index (χ0v) is 23.1. The second-order valence-electron chi connectivity index (χ2n) is 10.6. The summed E-state index contributed by atoms with van der Waals surface area (Å²) in [5.74, 6) is -0.0752. The van der Waals surface area contributed by atoms with Gasteiger partial charge in [0.25, 0.3) is 0 Å². The highest BCUT2D eigenvalue weighted by molar-refractivity contribution is 6.36. The SMILES string of the molecule is CC(C)N1CCC[C@@H](Nc2ncc3nc(Nc4c(F)cc(Cl)cc4Cl)n([C@H]4CC[C@H](C(N)=O)CC4)c3n2)C1. The number of hydrogen-bond donors (Lipinski definition) is 3. The minimum atomic E-state index is -0.584. The Morgan fingerprint density at radius 2 is 1.92 bits per heavy atom. The number of imidazole rings is 1. The average Bonchev–Trinajstić information content (AvgIpc) is 3.23. The minimum Gasteiger partial charge on any atom is -0.369 e. The maximum Gasteiger partial charge on any atom is 0.225 e. The first kappa shape index (κ1) is 26.9. The van der Waals surface area contributed by atoms with Gasteiger partial charge < -0.3 is 16.4 Å². The number of nitrogens with two attached hydrogens (primary N) is 1. The number of aromatic nitrogens is 4. The lowest BCUT2D eigenvalue weighted by molar-refractivity contribution is -0.122. The van der Waals surface area contributed by atoms with E-state index in [-0.39, 0.29) is 39.6 Å². The van der Waals surface area contributed by atoms with Crippen LogP contribution in [-0.4, -0.2) is 55.5 Å². The number of piperidine rings is 1. The maximum atomic E-state index is 14.8. The Balaban J connectivity index is 1.49. The Morgan fingerprint density at radius 1 is 1.16 bits per heavy atom. The van der Waals surface area contributed by atoms with Crippen LogP contribution >= 0.6 is 23.2 Å². The summed E-state index contributed by atoms with van der Waals surface area (Å²) in [6.07, 6.45) is 6.59. The predicted octanol–water partition coefficient (Wildman–Crippen LogP) is 5.52. The van der Waals surface area contributed by atoms with Crippen molar-refractivity contribution in [3.63, 3.8) is 0 Å². The molecule has 1 amide bonds. The summed E-state index contributed by atoms with van der Waals surface area (Å²) in [6.45, 7) is 6.44. The largest absolute Gasteiger partial charge is 0.369 e. The molecule has 2 fully saturated rings. The molecule has 4 N–H and O–H groups in total. The van der Waals surface area contributed by atoms with Crippen molar-refractivity contribution in [3.05, 3.63) is 34.2 Å². The van der Waals surface area contributed by atoms with Crippen LogP contribution in [0.1, 0.15) is 58.4 Å². The van der Waals surface area contributed by atoms with E-state index in [0.29, 0.717) is 54.8 Å². The molecule has 0 radical (unpaired) electrons. The highest BCUT2D eigenvalue weighted by atomic mass is 35.5. The van der Waals surface area contributed by atoms with Crippen molar-refractivity contribution in [2.45, 2.75) is 70.5 Å². The van der Waals surface area contributed by atoms with E-state index in [1.807, 2.05) is 4.57 Å². The Bertz CT molecular complexity index is 1300. The maximum absolute atomic E-state index is 14.8. The highest BCUT2D eigenvalue weighted by Crippen LogP contribution is 2.38. The zero-order valence-electron chi connectivity index (χ0n) is 21.6. The van der Waals surface area contributed by atoms with Crippen LogP contribution in [0.3, 0.4) is 0 Å². The summed E-state index contributed by atoms with van der Waals surface area (Å²) in [5, 5.41) is 6.94. The van der Waals surface area contributed by atoms with Crippen molar-refractivity contribution in [2.75, 3.05) is 23.7 Å². The molecule has 38 heavy (non-hydrogen) atoms. The van der Waals surface area contributed by atoms with Crippen molar-refractivity contribution in [1.82, 2.24) is 24.4 Å². The lowest BCUT2D eigenvalue weighted by atomic mass is 9.85. The third-order valence-electron chi connectivity index (χ3n) is 7.66. The van der Waals surface area contributed by atoms with Crippen LogP contribution in [0.15, 0.2) is 18.3 Å². The lowest BCUT2D eigenvalue weighted by Crippen LogP contribution is -2.45. The van der Waals surface area contributed by atoms with Crippen LogP contribution in [0, 0.1) is 11.7 Å². The first-order valence-corrected chi connectivity index (χ1v) is 13.9. The molecule has 1 saturated carbocycles. The molecule has 1 saturated heterocycles. The molecule has 1 aliphatic carbocycles. The molecule has 0 spiro atoms. The van der Waals surface area contributed by atoms with E-state index in [0.717, 1.165) is 25.9 Å². The average molecular weight is 564 g/mol. The van der Waals surface area contributed by atoms with Gasteiger partial charge >= 0.3 is 0 Å². The van der Waals surface area contributed by atoms with Crippen molar-refractivity contribution < 1.29 is 9.18 Å². The number of nitrogens with zero attached hydrogens (tertiary/aromatic N) is 5. The van der Waals surface area contributed by atoms with Crippen molar-refractivity contribution in [3.8, 4) is 0 Å². The fraction of sp³-hybridized carbons (Fsp3) is 0.538. The number of primary amides is 1. The van der Waals surface area contributed by atoms with Gasteiger partial charge in [-0.1, -0.05) is 23.2 Å². The predicted molar refractivity (Wildman–Crippen MR) is 149 cm³/mol. The molecular weight excluding hydrogens is 530 g/mol. The van der Waals surface area contributed by atoms with Gasteiger partial charge in [0.05, 0.1) is 16.9 Å². The van der Waals surface area contributed by atoms with Gasteiger partial charge in [-0.15, -0.1) is 0 Å². The summed E-state index contributed by atoms with van der Waals surface area (Å²) in [6, 6.07) is 3.39. The van der Waals surface area contributed by atoms with Crippen molar-refractivity contribution >= 4 is 57.9 Å². The van der Waals surface area contributed by atoms with E-state index in [1.54, 1.807) is 6.20 Å². The molecule has 1 aromatic carbocycles. The van der Waals surface area contributed by atoms with Gasteiger partial charge in [0.15, 0.2) is 5.65 Å². The first-order chi connectivity index (χ1) is 18.2. The molecule has 3 aromatic rings. The molecule has 9 nitrogen and oxygen atoms in total. The summed E-state index contributed by atoms with van der Waals surface area (Å²) < 4.78 is 16.8. The number of hydrogen-bond acceptors (Lipinski definition) is 7. The number of benzene rings is 1. The molecule has 12 heteroatoms. The Hall–Kier alpha value is -2.69. The highest BCUT2D eigenvalue weighted by Gasteiger charge is 2.30. The Morgan fingerprint density at radius 3 is 2.61 bits per heavy atom. The summed E-state index contributed by atoms with van der Waals surface area (Å²) in [4.78, 5) is 28.3. The number of carbonyl (C=O) groups excluding carboxylic acids is 1. The minimum absolute atomic E-state index is 0.0129. The van der Waals surface area contributed by atoms with Crippen LogP contribution in [0.5, 0.6) is 0 Å². The monoisotopic (exact) mass is 562 g/mol. The van der Waals surface area contributed by atoms with Gasteiger partial charge in [-0.25, -0.2) is 14.4 Å². The van der Waals surface area contributed by atoms with E-state index in [4.69, 9.17) is 38.9 Å². The molecule has 1 aliphatic heterocycles. The van der Waals surface area contributed by atoms with Crippen LogP contribution in [0.2, 0.25) is 10.0 Å². The normalized spacial score (nSPS) is 22.6. The molecule has 1 atom stereocenters. The van der Waals surface area contributed by atoms with Gasteiger partial charge in [-0.2, -0.15) is 4.98 Å². The second-order valence-corrected chi connectivity index (χ2v) is 11.4. The molecule has 0 unspecified atom stereocenters. The van der Waals surface area contributed by atoms with E-state index in [2.05, 4.69) is 34.4 Å². The van der Waals surface area contributed by atoms with E-state index >= 15 is 0 Å². The number of likely N-dealkylation sites (tertiary alicyclic amines) is 1. The van der Waals surface area contributed by atoms with Crippen LogP contribution in [0.4, 0.5) is 22.0 Å². The van der Waals surface area contributed by atoms with Gasteiger partial charge in [-0.3, -0.25) is 14.3 Å². The van der Waals surface area contributed by atoms with Gasteiger partial charge in [0, 0.05) is 35.6 Å². The number of rotatable bonds is 7. The van der Waals surface area contributed by atoms with E-state index < -0.39 is 5.82 Å². The molecule has 5 rings (SSSR count). The van der Waals surface area contributed by atoms with Gasteiger partial charge in [-0.05, 0) is 71.0 Å². The number of anilines is 3. The standard InChI is InChI=1S/C26H33Cl2FN8O/c1-14(2)36-9-3-4-17(13-36)32-25-31-12-21-24(35-25)37(18-7-5-15(6-8-18)23(30)38)26(33-21)34-22-19(28)10-16(27)11-20(22)29/h10-12,14-15,17-18H,3-9,13H2,1-2H3,(H2,30,38)(H,33,34)(H,31,32,35)/t15-,17-,18-/m1/s1. The van der Waals surface area contributed by atoms with Crippen molar-refractivity contribution in [2.24, 2.45) is 11.7 Å². The quantitative estimate of drug-likeness (QED) is 0.347. The molecular formula is C26H33Cl2FN8O. The third kappa shape index (κ3) is 5.67. The number of halogens is 3. The summed E-state index contributed by atoms with van der Waals surface area (Å²) in [7, 11) is 0. The molecule has 0 bridgehead atoms. The van der Waals surface area contributed by atoms with Crippen molar-refractivity contribution in [1.29, 1.82) is 0 Å². The summed E-state index contributed by atoms with van der Waals surface area (Å²) in [5.41, 5.74) is 6.86. The number of carbonyl (C=O) groups is 1. The second kappa shape index (κ2) is 11.2. The van der Waals surface area contributed by atoms with Gasteiger partial charge in [0.2, 0.25) is 17.8 Å². The smallest absolute Gasteiger partial charge is 0.225 e. The fourth-order valence-corrected chi connectivity index (χ4v) is 6.08. The van der Waals surface area contributed by atoms with E-state index in [1.165, 1.54) is 12.1 Å². The molecule has 204 valence electrons. The number of nitrogens with one attached hydrogen (secondary N) is 2. The molecule has 3 heterocycles. The molecule has 2 aliphatic rings. The first-order valence-electron chi connectivity index (χ1n) is 13.2. The Labute approximate surface area is 231 Å². The summed E-state index contributed by atoms with van der Waals surface area (Å²) >= 11 is 12.3. The fourth-order valence-electron chi connectivity index (χ4n) is 5.56.